The molecule has 0 amide bonds. The Kier molecular flexibility index (Phi) is 5.46. The minimum Gasteiger partial charge on any atom is -0.381 e. The van der Waals surface area contributed by atoms with Gasteiger partial charge in [0.1, 0.15) is 5.82 Å². The van der Waals surface area contributed by atoms with Crippen LogP contribution in [0.1, 0.15) is 16.7 Å². The molecule has 2 N–H and O–H groups in total. The number of hydrogen-bond acceptors (Lipinski definition) is 3. The normalized spacial score (nSPS) is 11.2. The van der Waals surface area contributed by atoms with E-state index in [9.17, 15) is 12.8 Å². The molecule has 3 aromatic carbocycles. The molecule has 0 bridgehead atoms. The van der Waals surface area contributed by atoms with E-state index in [2.05, 4.69) is 10.0 Å². The number of anilines is 2. The zero-order valence-corrected chi connectivity index (χ0v) is 16.0. The number of benzene rings is 3. The predicted molar refractivity (Wildman–Crippen MR) is 107 cm³/mol. The first kappa shape index (κ1) is 18.9. The first-order chi connectivity index (χ1) is 12.8. The number of aryl methyl sites for hydroxylation is 2. The first-order valence-electron chi connectivity index (χ1n) is 8.52. The van der Waals surface area contributed by atoms with E-state index >= 15 is 0 Å². The Labute approximate surface area is 159 Å². The second-order valence-electron chi connectivity index (χ2n) is 6.41. The molecule has 0 aliphatic heterocycles. The van der Waals surface area contributed by atoms with Gasteiger partial charge in [-0.25, -0.2) is 12.8 Å². The predicted octanol–water partition coefficient (Wildman–Crippen LogP) is 4.86. The van der Waals surface area contributed by atoms with Crippen LogP contribution in [0.15, 0.2) is 71.6 Å². The van der Waals surface area contributed by atoms with Crippen molar-refractivity contribution in [3.63, 3.8) is 0 Å². The van der Waals surface area contributed by atoms with E-state index in [0.717, 1.165) is 22.4 Å². The molecule has 0 spiro atoms. The SMILES string of the molecule is Cc1ccc(S(=O)(=O)Nc2ccc(NCc3ccc(F)cc3)cc2)cc1C. The van der Waals surface area contributed by atoms with Crippen LogP contribution in [-0.2, 0) is 16.6 Å². The highest BCUT2D eigenvalue weighted by atomic mass is 32.2. The van der Waals surface area contributed by atoms with Crippen LogP contribution in [0, 0.1) is 19.7 Å². The molecule has 0 aliphatic carbocycles. The molecule has 0 radical (unpaired) electrons. The number of halogens is 1. The quantitative estimate of drug-likeness (QED) is 0.638. The largest absolute Gasteiger partial charge is 0.381 e. The van der Waals surface area contributed by atoms with E-state index in [1.807, 2.05) is 13.8 Å². The molecule has 0 heterocycles. The fraction of sp³-hybridized carbons (Fsp3) is 0.143. The number of nitrogens with one attached hydrogen (secondary N) is 2. The molecule has 0 fully saturated rings. The minimum absolute atomic E-state index is 0.240. The maximum Gasteiger partial charge on any atom is 0.261 e. The lowest BCUT2D eigenvalue weighted by atomic mass is 10.1. The molecular weight excluding hydrogens is 363 g/mol. The highest BCUT2D eigenvalue weighted by Crippen LogP contribution is 2.20. The molecular formula is C21H21FN2O2S. The minimum atomic E-state index is -3.63. The summed E-state index contributed by atoms with van der Waals surface area (Å²) in [6.07, 6.45) is 0. The van der Waals surface area contributed by atoms with E-state index in [1.165, 1.54) is 12.1 Å². The maximum absolute atomic E-state index is 12.9. The van der Waals surface area contributed by atoms with Gasteiger partial charge in [0.2, 0.25) is 0 Å². The summed E-state index contributed by atoms with van der Waals surface area (Å²) >= 11 is 0. The van der Waals surface area contributed by atoms with Crippen molar-refractivity contribution in [3.05, 3.63) is 89.2 Å². The van der Waals surface area contributed by atoms with Gasteiger partial charge in [-0.15, -0.1) is 0 Å². The summed E-state index contributed by atoms with van der Waals surface area (Å²) in [5.74, 6) is -0.265. The highest BCUT2D eigenvalue weighted by molar-refractivity contribution is 7.92. The molecule has 0 atom stereocenters. The summed E-state index contributed by atoms with van der Waals surface area (Å²) in [6, 6.07) is 18.3. The standard InChI is InChI=1S/C21H21FN2O2S/c1-15-3-12-21(13-16(15)2)27(25,26)24-20-10-8-19(9-11-20)23-14-17-4-6-18(22)7-5-17/h3-13,23-24H,14H2,1-2H3. The van der Waals surface area contributed by atoms with Crippen molar-refractivity contribution >= 4 is 21.4 Å². The van der Waals surface area contributed by atoms with Gasteiger partial charge in [0, 0.05) is 17.9 Å². The lowest BCUT2D eigenvalue weighted by Gasteiger charge is -2.11. The lowest BCUT2D eigenvalue weighted by molar-refractivity contribution is 0.601. The molecule has 0 unspecified atom stereocenters. The van der Waals surface area contributed by atoms with Gasteiger partial charge in [0.05, 0.1) is 4.90 Å². The van der Waals surface area contributed by atoms with Crippen molar-refractivity contribution in [1.82, 2.24) is 0 Å². The van der Waals surface area contributed by atoms with E-state index < -0.39 is 10.0 Å². The van der Waals surface area contributed by atoms with Gasteiger partial charge in [0.25, 0.3) is 10.0 Å². The van der Waals surface area contributed by atoms with Crippen molar-refractivity contribution in [2.45, 2.75) is 25.3 Å². The molecule has 0 saturated carbocycles. The van der Waals surface area contributed by atoms with E-state index in [-0.39, 0.29) is 10.7 Å². The average molecular weight is 384 g/mol. The van der Waals surface area contributed by atoms with Gasteiger partial charge in [-0.3, -0.25) is 4.72 Å². The van der Waals surface area contributed by atoms with Gasteiger partial charge >= 0.3 is 0 Å². The van der Waals surface area contributed by atoms with Crippen molar-refractivity contribution < 1.29 is 12.8 Å². The second kappa shape index (κ2) is 7.80. The molecule has 3 aromatic rings. The van der Waals surface area contributed by atoms with Crippen molar-refractivity contribution in [2.75, 3.05) is 10.0 Å². The van der Waals surface area contributed by atoms with Gasteiger partial charge in [0.15, 0.2) is 0 Å². The van der Waals surface area contributed by atoms with Crippen LogP contribution < -0.4 is 10.0 Å². The highest BCUT2D eigenvalue weighted by Gasteiger charge is 2.14. The Bertz CT molecular complexity index is 1030. The van der Waals surface area contributed by atoms with Gasteiger partial charge < -0.3 is 5.32 Å². The maximum atomic E-state index is 12.9. The Balaban J connectivity index is 1.66. The van der Waals surface area contributed by atoms with Gasteiger partial charge in [-0.05, 0) is 79.1 Å². The number of rotatable bonds is 6. The zero-order chi connectivity index (χ0) is 19.4. The molecule has 0 aliphatic rings. The van der Waals surface area contributed by atoms with Crippen LogP contribution >= 0.6 is 0 Å². The zero-order valence-electron chi connectivity index (χ0n) is 15.2. The Morgan fingerprint density at radius 2 is 1.44 bits per heavy atom. The van der Waals surface area contributed by atoms with Crippen LogP contribution in [0.3, 0.4) is 0 Å². The fourth-order valence-corrected chi connectivity index (χ4v) is 3.70. The lowest BCUT2D eigenvalue weighted by Crippen LogP contribution is -2.13. The Morgan fingerprint density at radius 1 is 0.815 bits per heavy atom. The number of hydrogen-bond donors (Lipinski definition) is 2. The summed E-state index contributed by atoms with van der Waals surface area (Å²) in [5.41, 5.74) is 4.26. The second-order valence-corrected chi connectivity index (χ2v) is 8.09. The third kappa shape index (κ3) is 4.86. The molecule has 0 aromatic heterocycles. The summed E-state index contributed by atoms with van der Waals surface area (Å²) in [7, 11) is -3.63. The van der Waals surface area contributed by atoms with E-state index in [4.69, 9.17) is 0 Å². The summed E-state index contributed by atoms with van der Waals surface area (Å²) in [4.78, 5) is 0.240. The molecule has 140 valence electrons. The van der Waals surface area contributed by atoms with Crippen LogP contribution in [-0.4, -0.2) is 8.42 Å². The van der Waals surface area contributed by atoms with E-state index in [1.54, 1.807) is 54.6 Å². The smallest absolute Gasteiger partial charge is 0.261 e. The summed E-state index contributed by atoms with van der Waals surface area (Å²) in [5, 5.41) is 3.22. The summed E-state index contributed by atoms with van der Waals surface area (Å²) in [6.45, 7) is 4.38. The fourth-order valence-electron chi connectivity index (χ4n) is 2.56. The Morgan fingerprint density at radius 3 is 2.07 bits per heavy atom. The monoisotopic (exact) mass is 384 g/mol. The van der Waals surface area contributed by atoms with Gasteiger partial charge in [-0.1, -0.05) is 18.2 Å². The Hall–Kier alpha value is -2.86. The van der Waals surface area contributed by atoms with Crippen molar-refractivity contribution in [3.8, 4) is 0 Å². The van der Waals surface area contributed by atoms with E-state index in [0.29, 0.717) is 12.2 Å². The van der Waals surface area contributed by atoms with Gasteiger partial charge in [-0.2, -0.15) is 0 Å². The van der Waals surface area contributed by atoms with Crippen LogP contribution in [0.4, 0.5) is 15.8 Å². The molecule has 4 nitrogen and oxygen atoms in total. The third-order valence-corrected chi connectivity index (χ3v) is 5.71. The first-order valence-corrected chi connectivity index (χ1v) is 10.0. The van der Waals surface area contributed by atoms with Crippen LogP contribution in [0.25, 0.3) is 0 Å². The molecule has 3 rings (SSSR count). The molecule has 27 heavy (non-hydrogen) atoms. The molecule has 0 saturated heterocycles. The van der Waals surface area contributed by atoms with Crippen LogP contribution in [0.2, 0.25) is 0 Å². The number of sulfonamides is 1. The molecule has 6 heteroatoms. The summed E-state index contributed by atoms with van der Waals surface area (Å²) < 4.78 is 40.6. The van der Waals surface area contributed by atoms with Crippen molar-refractivity contribution in [2.24, 2.45) is 0 Å². The van der Waals surface area contributed by atoms with Crippen LogP contribution in [0.5, 0.6) is 0 Å². The van der Waals surface area contributed by atoms with Crippen molar-refractivity contribution in [1.29, 1.82) is 0 Å². The topological polar surface area (TPSA) is 58.2 Å². The third-order valence-electron chi connectivity index (χ3n) is 4.34. The average Bonchev–Trinajstić information content (AvgIpc) is 2.64.